The van der Waals surface area contributed by atoms with E-state index in [-0.39, 0.29) is 18.5 Å². The molecule has 2 atom stereocenters. The van der Waals surface area contributed by atoms with E-state index in [9.17, 15) is 13.9 Å². The van der Waals surface area contributed by atoms with E-state index in [2.05, 4.69) is 11.9 Å². The van der Waals surface area contributed by atoms with Crippen LogP contribution in [0.25, 0.3) is 16.7 Å². The minimum atomic E-state index is -3.15. The Morgan fingerprint density at radius 2 is 1.97 bits per heavy atom. The zero-order chi connectivity index (χ0) is 26.0. The molecule has 1 aliphatic rings. The van der Waals surface area contributed by atoms with Gasteiger partial charge in [-0.1, -0.05) is 26.0 Å². The van der Waals surface area contributed by atoms with Crippen molar-refractivity contribution in [2.24, 2.45) is 5.92 Å². The molecule has 3 rings (SSSR count). The molecule has 2 unspecified atom stereocenters. The molecule has 1 aromatic carbocycles. The summed E-state index contributed by atoms with van der Waals surface area (Å²) in [6.07, 6.45) is 5.04. The minimum absolute atomic E-state index is 0.0773. The Morgan fingerprint density at radius 1 is 1.26 bits per heavy atom. The summed E-state index contributed by atoms with van der Waals surface area (Å²) in [6.45, 7) is 9.39. The van der Waals surface area contributed by atoms with Crippen molar-refractivity contribution in [3.05, 3.63) is 48.3 Å². The molecule has 0 fully saturated rings. The van der Waals surface area contributed by atoms with Gasteiger partial charge in [-0.25, -0.2) is 17.6 Å². The third kappa shape index (κ3) is 6.21. The fraction of sp³-hybridized carbons (Fsp3) is 0.556. The molecule has 0 spiro atoms. The van der Waals surface area contributed by atoms with Crippen LogP contribution in [0.3, 0.4) is 0 Å². The number of hydrogen-bond acceptors (Lipinski definition) is 4. The quantitative estimate of drug-likeness (QED) is 0.273. The van der Waals surface area contributed by atoms with E-state index in [1.165, 1.54) is 30.0 Å². The molecule has 2 N–H and O–H groups in total. The van der Waals surface area contributed by atoms with Crippen molar-refractivity contribution in [1.29, 1.82) is 0 Å². The first-order valence-corrected chi connectivity index (χ1v) is 12.1. The van der Waals surface area contributed by atoms with Gasteiger partial charge in [0.15, 0.2) is 5.76 Å². The van der Waals surface area contributed by atoms with Gasteiger partial charge in [0.05, 0.1) is 23.5 Å². The molecule has 1 aromatic heterocycles. The highest BCUT2D eigenvalue weighted by atomic mass is 19.3. The molecule has 35 heavy (non-hydrogen) atoms. The predicted octanol–water partition coefficient (Wildman–Crippen LogP) is 7.08. The van der Waals surface area contributed by atoms with Crippen LogP contribution in [-0.2, 0) is 5.92 Å². The average Bonchev–Trinajstić information content (AvgIpc) is 3.06. The molecule has 0 saturated carbocycles. The van der Waals surface area contributed by atoms with Crippen molar-refractivity contribution in [3.8, 4) is 0 Å². The smallest absolute Gasteiger partial charge is 0.270 e. The molecule has 4 nitrogen and oxygen atoms in total. The first-order valence-electron chi connectivity index (χ1n) is 12.1. The summed E-state index contributed by atoms with van der Waals surface area (Å²) in [5.74, 6) is -6.97. The number of benzene rings is 1. The van der Waals surface area contributed by atoms with Crippen LogP contribution in [0.2, 0.25) is 0 Å². The summed E-state index contributed by atoms with van der Waals surface area (Å²) in [6, 6.07) is 4.10. The molecule has 8 heteroatoms. The Hall–Kier alpha value is -2.48. The highest BCUT2D eigenvalue weighted by Gasteiger charge is 2.43. The lowest BCUT2D eigenvalue weighted by Gasteiger charge is -2.34. The van der Waals surface area contributed by atoms with E-state index in [0.717, 1.165) is 6.92 Å². The molecular formula is C27H36F4N2O2. The van der Waals surface area contributed by atoms with Crippen LogP contribution in [0.4, 0.5) is 23.2 Å². The van der Waals surface area contributed by atoms with Crippen LogP contribution in [0, 0.1) is 5.92 Å². The van der Waals surface area contributed by atoms with Gasteiger partial charge in [0.2, 0.25) is 0 Å². The number of fused-ring (bicyclic) bond motifs is 3. The third-order valence-corrected chi connectivity index (χ3v) is 6.59. The Morgan fingerprint density at radius 3 is 2.60 bits per heavy atom. The van der Waals surface area contributed by atoms with Crippen molar-refractivity contribution in [3.63, 3.8) is 0 Å². The zero-order valence-corrected chi connectivity index (χ0v) is 20.9. The molecule has 0 amide bonds. The lowest BCUT2D eigenvalue weighted by molar-refractivity contribution is -0.0786. The van der Waals surface area contributed by atoms with Gasteiger partial charge in [0.1, 0.15) is 5.58 Å². The summed E-state index contributed by atoms with van der Waals surface area (Å²) in [4.78, 5) is 1.53. The number of halogens is 4. The number of anilines is 1. The number of allylic oxidation sites excluding steroid dienone is 2. The van der Waals surface area contributed by atoms with Crippen LogP contribution in [0.5, 0.6) is 0 Å². The van der Waals surface area contributed by atoms with Gasteiger partial charge >= 0.3 is 0 Å². The van der Waals surface area contributed by atoms with Crippen molar-refractivity contribution < 1.29 is 27.1 Å². The molecule has 2 aromatic rings. The second kappa shape index (κ2) is 10.2. The maximum atomic E-state index is 15.5. The van der Waals surface area contributed by atoms with Gasteiger partial charge in [-0.05, 0) is 50.8 Å². The highest BCUT2D eigenvalue weighted by molar-refractivity contribution is 5.98. The number of hydrogen-bond donors (Lipinski definition) is 2. The topological polar surface area (TPSA) is 48.6 Å². The number of alkyl halides is 4. The van der Waals surface area contributed by atoms with Gasteiger partial charge in [0.25, 0.3) is 11.8 Å². The average molecular weight is 497 g/mol. The monoisotopic (exact) mass is 496 g/mol. The molecule has 0 aliphatic carbocycles. The van der Waals surface area contributed by atoms with Crippen molar-refractivity contribution in [2.45, 2.75) is 70.8 Å². The van der Waals surface area contributed by atoms with Crippen molar-refractivity contribution in [2.75, 3.05) is 24.5 Å². The second-order valence-electron chi connectivity index (χ2n) is 9.94. The molecule has 0 radical (unpaired) electrons. The maximum absolute atomic E-state index is 15.5. The standard InChI is InChI=1S/C27H36F4N2O2/c1-6-8-12-25(4,34)16-18(3)27(30,31)17-33-14-13-32-21(9-7-2)24-23(33)20-15-19(26(5,28)29)10-11-22(20)35-24/h6,9-11,15,18,32,34H,1,7-8,12-14,16-17H2,2-5H3/b21-9-. The number of furan rings is 1. The van der Waals surface area contributed by atoms with E-state index in [0.29, 0.717) is 53.9 Å². The number of nitrogens with zero attached hydrogens (tertiary/aromatic N) is 1. The van der Waals surface area contributed by atoms with Gasteiger partial charge in [-0.3, -0.25) is 0 Å². The highest BCUT2D eigenvalue weighted by Crippen LogP contribution is 2.43. The van der Waals surface area contributed by atoms with Crippen LogP contribution >= 0.6 is 0 Å². The Labute approximate surface area is 204 Å². The van der Waals surface area contributed by atoms with Crippen LogP contribution in [0.1, 0.15) is 64.7 Å². The van der Waals surface area contributed by atoms with Crippen LogP contribution < -0.4 is 10.2 Å². The number of rotatable bonds is 10. The molecule has 2 heterocycles. The van der Waals surface area contributed by atoms with Gasteiger partial charge in [-0.15, -0.1) is 6.58 Å². The van der Waals surface area contributed by atoms with Crippen LogP contribution in [-0.4, -0.2) is 36.3 Å². The fourth-order valence-corrected chi connectivity index (χ4v) is 4.63. The van der Waals surface area contributed by atoms with Crippen molar-refractivity contribution in [1.82, 2.24) is 5.32 Å². The molecular weight excluding hydrogens is 460 g/mol. The van der Waals surface area contributed by atoms with Gasteiger partial charge in [0, 0.05) is 36.9 Å². The van der Waals surface area contributed by atoms with E-state index in [1.54, 1.807) is 13.0 Å². The lowest BCUT2D eigenvalue weighted by atomic mass is 9.85. The Kier molecular flexibility index (Phi) is 7.94. The maximum Gasteiger partial charge on any atom is 0.270 e. The first kappa shape index (κ1) is 27.1. The summed E-state index contributed by atoms with van der Waals surface area (Å²) < 4.78 is 65.3. The summed E-state index contributed by atoms with van der Waals surface area (Å²) in [5.41, 5.74) is -0.0350. The Bertz CT molecular complexity index is 1070. The van der Waals surface area contributed by atoms with E-state index < -0.39 is 29.9 Å². The molecule has 0 bridgehead atoms. The van der Waals surface area contributed by atoms with Gasteiger partial charge < -0.3 is 19.7 Å². The Balaban J connectivity index is 2.02. The van der Waals surface area contributed by atoms with E-state index in [4.69, 9.17) is 4.42 Å². The minimum Gasteiger partial charge on any atom is -0.452 e. The largest absolute Gasteiger partial charge is 0.452 e. The van der Waals surface area contributed by atoms with E-state index in [1.807, 2.05) is 13.0 Å². The van der Waals surface area contributed by atoms with Gasteiger partial charge in [-0.2, -0.15) is 0 Å². The van der Waals surface area contributed by atoms with E-state index >= 15 is 8.78 Å². The number of aliphatic hydroxyl groups is 1. The normalized spacial score (nSPS) is 18.7. The second-order valence-corrected chi connectivity index (χ2v) is 9.94. The lowest BCUT2D eigenvalue weighted by Crippen LogP contribution is -2.45. The summed E-state index contributed by atoms with van der Waals surface area (Å²) in [7, 11) is 0. The van der Waals surface area contributed by atoms with Crippen LogP contribution in [0.15, 0.2) is 41.3 Å². The predicted molar refractivity (Wildman–Crippen MR) is 133 cm³/mol. The first-order chi connectivity index (χ1) is 16.3. The fourth-order valence-electron chi connectivity index (χ4n) is 4.63. The summed E-state index contributed by atoms with van der Waals surface area (Å²) in [5, 5.41) is 14.2. The summed E-state index contributed by atoms with van der Waals surface area (Å²) >= 11 is 0. The molecule has 194 valence electrons. The SMILES string of the molecule is C=CCCC(C)(O)CC(C)C(F)(F)CN1CCN/C(=C\CC)c2oc3ccc(C(C)(F)F)cc3c21. The van der Waals surface area contributed by atoms with Crippen molar-refractivity contribution >= 4 is 22.4 Å². The zero-order valence-electron chi connectivity index (χ0n) is 20.9. The third-order valence-electron chi connectivity index (χ3n) is 6.59. The molecule has 1 aliphatic heterocycles. The number of nitrogens with one attached hydrogen (secondary N) is 1. The molecule has 0 saturated heterocycles.